The molecule has 126 valence electrons. The number of carbonyl (C=O) groups is 2. The first kappa shape index (κ1) is 16.2. The van der Waals surface area contributed by atoms with Gasteiger partial charge >= 0.3 is 5.97 Å². The lowest BCUT2D eigenvalue weighted by molar-refractivity contribution is -0.137. The molecule has 1 aromatic carbocycles. The molecule has 0 aliphatic carbocycles. The summed E-state index contributed by atoms with van der Waals surface area (Å²) < 4.78 is 1.61. The predicted octanol–water partition coefficient (Wildman–Crippen LogP) is 2.13. The molecule has 24 heavy (non-hydrogen) atoms. The van der Waals surface area contributed by atoms with Crippen LogP contribution in [-0.4, -0.2) is 49.5 Å². The van der Waals surface area contributed by atoms with Crippen LogP contribution in [0, 0.1) is 0 Å². The van der Waals surface area contributed by atoms with Crippen molar-refractivity contribution in [2.75, 3.05) is 6.54 Å². The quantitative estimate of drug-likeness (QED) is 0.908. The molecule has 0 saturated carbocycles. The van der Waals surface area contributed by atoms with Gasteiger partial charge < -0.3 is 10.0 Å². The Morgan fingerprint density at radius 3 is 2.92 bits per heavy atom. The number of carboxylic acids is 1. The van der Waals surface area contributed by atoms with E-state index in [1.165, 1.54) is 0 Å². The van der Waals surface area contributed by atoms with E-state index in [1.807, 2.05) is 17.0 Å². The number of rotatable bonds is 5. The molecule has 7 heteroatoms. The van der Waals surface area contributed by atoms with Crippen molar-refractivity contribution in [2.45, 2.75) is 38.1 Å². The first-order valence-electron chi connectivity index (χ1n) is 8.14. The average molecular weight is 328 g/mol. The van der Waals surface area contributed by atoms with Gasteiger partial charge in [0.2, 0.25) is 0 Å². The molecule has 0 bridgehead atoms. The lowest BCUT2D eigenvalue weighted by Gasteiger charge is -2.35. The Morgan fingerprint density at radius 1 is 1.29 bits per heavy atom. The van der Waals surface area contributed by atoms with Crippen molar-refractivity contribution < 1.29 is 14.7 Å². The van der Waals surface area contributed by atoms with Gasteiger partial charge in [-0.3, -0.25) is 9.59 Å². The fourth-order valence-electron chi connectivity index (χ4n) is 3.15. The standard InChI is InChI=1S/C17H20N4O3/c22-16(23)8-7-14-5-1-2-10-20(14)17(24)13-4-3-6-15(12-13)21-11-9-18-19-21/h3-4,6,9,11-12,14H,1-2,5,7-8,10H2,(H,22,23). The zero-order valence-corrected chi connectivity index (χ0v) is 13.3. The van der Waals surface area contributed by atoms with Crippen molar-refractivity contribution in [1.82, 2.24) is 19.9 Å². The number of carbonyl (C=O) groups excluding carboxylic acids is 1. The molecule has 0 radical (unpaired) electrons. The van der Waals surface area contributed by atoms with Crippen molar-refractivity contribution in [3.05, 3.63) is 42.2 Å². The zero-order chi connectivity index (χ0) is 16.9. The largest absolute Gasteiger partial charge is 0.481 e. The number of hydrogen-bond acceptors (Lipinski definition) is 4. The minimum atomic E-state index is -0.818. The second-order valence-corrected chi connectivity index (χ2v) is 5.98. The molecule has 1 amide bonds. The third kappa shape index (κ3) is 3.61. The third-order valence-corrected chi connectivity index (χ3v) is 4.36. The minimum Gasteiger partial charge on any atom is -0.481 e. The maximum absolute atomic E-state index is 12.9. The van der Waals surface area contributed by atoms with E-state index < -0.39 is 5.97 Å². The van der Waals surface area contributed by atoms with E-state index in [2.05, 4.69) is 10.3 Å². The summed E-state index contributed by atoms with van der Waals surface area (Å²) in [5.41, 5.74) is 1.36. The van der Waals surface area contributed by atoms with Crippen LogP contribution in [-0.2, 0) is 4.79 Å². The molecule has 7 nitrogen and oxygen atoms in total. The smallest absolute Gasteiger partial charge is 0.303 e. The SMILES string of the molecule is O=C(O)CCC1CCCCN1C(=O)c1cccc(-n2ccnn2)c1. The predicted molar refractivity (Wildman–Crippen MR) is 86.9 cm³/mol. The molecule has 1 atom stereocenters. The van der Waals surface area contributed by atoms with E-state index in [9.17, 15) is 9.59 Å². The Balaban J connectivity index is 1.79. The molecule has 1 aliphatic rings. The van der Waals surface area contributed by atoms with Gasteiger partial charge in [-0.25, -0.2) is 4.68 Å². The molecule has 1 fully saturated rings. The van der Waals surface area contributed by atoms with Crippen molar-refractivity contribution >= 4 is 11.9 Å². The normalized spacial score (nSPS) is 17.7. The molecule has 0 spiro atoms. The maximum atomic E-state index is 12.9. The minimum absolute atomic E-state index is 0.00243. The van der Waals surface area contributed by atoms with Gasteiger partial charge in [-0.2, -0.15) is 0 Å². The molecule has 3 rings (SSSR count). The molecule has 1 aliphatic heterocycles. The highest BCUT2D eigenvalue weighted by Crippen LogP contribution is 2.23. The molecule has 1 saturated heterocycles. The van der Waals surface area contributed by atoms with Crippen LogP contribution in [0.5, 0.6) is 0 Å². The van der Waals surface area contributed by atoms with Gasteiger partial charge in [0, 0.05) is 24.6 Å². The topological polar surface area (TPSA) is 88.3 Å². The van der Waals surface area contributed by atoms with Crippen LogP contribution in [0.2, 0.25) is 0 Å². The van der Waals surface area contributed by atoms with Gasteiger partial charge in [-0.15, -0.1) is 5.10 Å². The van der Waals surface area contributed by atoms with Crippen molar-refractivity contribution in [3.63, 3.8) is 0 Å². The summed E-state index contributed by atoms with van der Waals surface area (Å²) in [5, 5.41) is 16.6. The summed E-state index contributed by atoms with van der Waals surface area (Å²) in [6.45, 7) is 0.677. The van der Waals surface area contributed by atoms with Crippen LogP contribution >= 0.6 is 0 Å². The lowest BCUT2D eigenvalue weighted by Crippen LogP contribution is -2.44. The monoisotopic (exact) mass is 328 g/mol. The number of hydrogen-bond donors (Lipinski definition) is 1. The number of carboxylic acid groups (broad SMARTS) is 1. The first-order valence-corrected chi connectivity index (χ1v) is 8.14. The van der Waals surface area contributed by atoms with E-state index in [4.69, 9.17) is 5.11 Å². The highest BCUT2D eigenvalue weighted by atomic mass is 16.4. The summed E-state index contributed by atoms with van der Waals surface area (Å²) >= 11 is 0. The number of aliphatic carboxylic acids is 1. The highest BCUT2D eigenvalue weighted by molar-refractivity contribution is 5.95. The first-order chi connectivity index (χ1) is 11.6. The number of likely N-dealkylation sites (tertiary alicyclic amines) is 1. The second-order valence-electron chi connectivity index (χ2n) is 5.98. The van der Waals surface area contributed by atoms with Crippen LogP contribution in [0.4, 0.5) is 0 Å². The molecular formula is C17H20N4O3. The summed E-state index contributed by atoms with van der Waals surface area (Å²) in [6.07, 6.45) is 6.76. The van der Waals surface area contributed by atoms with Gasteiger partial charge in [-0.1, -0.05) is 11.3 Å². The van der Waals surface area contributed by atoms with Gasteiger partial charge in [-0.05, 0) is 43.9 Å². The number of piperidine rings is 1. The Labute approximate surface area is 139 Å². The number of nitrogens with zero attached hydrogens (tertiary/aromatic N) is 4. The summed E-state index contributed by atoms with van der Waals surface area (Å²) in [5.74, 6) is -0.867. The van der Waals surface area contributed by atoms with Gasteiger partial charge in [0.05, 0.1) is 18.1 Å². The molecule has 1 aromatic heterocycles. The van der Waals surface area contributed by atoms with E-state index in [0.717, 1.165) is 24.9 Å². The summed E-state index contributed by atoms with van der Waals surface area (Å²) in [7, 11) is 0. The number of aromatic nitrogens is 3. The van der Waals surface area contributed by atoms with E-state index >= 15 is 0 Å². The van der Waals surface area contributed by atoms with E-state index in [1.54, 1.807) is 29.2 Å². The fraction of sp³-hybridized carbons (Fsp3) is 0.412. The third-order valence-electron chi connectivity index (χ3n) is 4.36. The van der Waals surface area contributed by atoms with Crippen molar-refractivity contribution in [2.24, 2.45) is 0 Å². The van der Waals surface area contributed by atoms with Gasteiger partial charge in [0.25, 0.3) is 5.91 Å². The Hall–Kier alpha value is -2.70. The van der Waals surface area contributed by atoms with Gasteiger partial charge in [0.1, 0.15) is 0 Å². The number of benzene rings is 1. The fourth-order valence-corrected chi connectivity index (χ4v) is 3.15. The lowest BCUT2D eigenvalue weighted by atomic mass is 9.97. The Morgan fingerprint density at radius 2 is 2.17 bits per heavy atom. The number of amides is 1. The van der Waals surface area contributed by atoms with Gasteiger partial charge in [0.15, 0.2) is 0 Å². The Bertz CT molecular complexity index is 714. The maximum Gasteiger partial charge on any atom is 0.303 e. The average Bonchev–Trinajstić information content (AvgIpc) is 3.14. The van der Waals surface area contributed by atoms with Crippen LogP contribution < -0.4 is 0 Å². The van der Waals surface area contributed by atoms with Crippen molar-refractivity contribution in [3.8, 4) is 5.69 Å². The Kier molecular flexibility index (Phi) is 4.88. The molecule has 2 heterocycles. The van der Waals surface area contributed by atoms with Crippen LogP contribution in [0.15, 0.2) is 36.7 Å². The van der Waals surface area contributed by atoms with E-state index in [0.29, 0.717) is 18.5 Å². The van der Waals surface area contributed by atoms with Crippen molar-refractivity contribution in [1.29, 1.82) is 0 Å². The van der Waals surface area contributed by atoms with Crippen LogP contribution in [0.3, 0.4) is 0 Å². The van der Waals surface area contributed by atoms with E-state index in [-0.39, 0.29) is 18.4 Å². The summed E-state index contributed by atoms with van der Waals surface area (Å²) in [4.78, 5) is 25.6. The van der Waals surface area contributed by atoms with Crippen LogP contribution in [0.25, 0.3) is 5.69 Å². The zero-order valence-electron chi connectivity index (χ0n) is 13.3. The second kappa shape index (κ2) is 7.25. The highest BCUT2D eigenvalue weighted by Gasteiger charge is 2.27. The van der Waals surface area contributed by atoms with Crippen LogP contribution in [0.1, 0.15) is 42.5 Å². The summed E-state index contributed by atoms with van der Waals surface area (Å²) in [6, 6.07) is 7.26. The molecular weight excluding hydrogens is 308 g/mol. The molecule has 1 unspecified atom stereocenters. The molecule has 2 aromatic rings. The molecule has 1 N–H and O–H groups in total.